The number of carbonyl (C=O) groups is 1. The Labute approximate surface area is 119 Å². The molecule has 1 amide bonds. The van der Waals surface area contributed by atoms with Crippen LogP contribution in [0.2, 0.25) is 0 Å². The van der Waals surface area contributed by atoms with Gasteiger partial charge in [-0.2, -0.15) is 0 Å². The summed E-state index contributed by atoms with van der Waals surface area (Å²) in [6, 6.07) is 3.62. The van der Waals surface area contributed by atoms with Gasteiger partial charge >= 0.3 is 6.09 Å². The Morgan fingerprint density at radius 2 is 2.10 bits per heavy atom. The molecule has 0 aromatic carbocycles. The molecular weight excluding hydrogens is 256 g/mol. The summed E-state index contributed by atoms with van der Waals surface area (Å²) < 4.78 is 0. The van der Waals surface area contributed by atoms with Crippen molar-refractivity contribution in [1.82, 2.24) is 4.98 Å². The predicted molar refractivity (Wildman–Crippen MR) is 76.8 cm³/mol. The first kappa shape index (κ1) is 14.8. The molecule has 0 saturated heterocycles. The van der Waals surface area contributed by atoms with Gasteiger partial charge in [-0.3, -0.25) is 4.90 Å². The van der Waals surface area contributed by atoms with Crippen LogP contribution in [0.15, 0.2) is 12.1 Å². The lowest BCUT2D eigenvalue weighted by Crippen LogP contribution is -2.60. The zero-order valence-corrected chi connectivity index (χ0v) is 12.5. The van der Waals surface area contributed by atoms with Gasteiger partial charge < -0.3 is 10.2 Å². The van der Waals surface area contributed by atoms with Crippen molar-refractivity contribution in [2.45, 2.75) is 52.7 Å². The van der Waals surface area contributed by atoms with E-state index in [1.807, 2.05) is 33.8 Å². The lowest BCUT2D eigenvalue weighted by molar-refractivity contribution is 0.146. The normalized spacial score (nSPS) is 22.6. The molecule has 1 atom stereocenters. The molecular formula is C15H22N2O3. The zero-order chi connectivity index (χ0) is 15.1. The number of anilines is 1. The number of pyridine rings is 1. The highest BCUT2D eigenvalue weighted by molar-refractivity contribution is 5.88. The maximum absolute atomic E-state index is 11.8. The summed E-state index contributed by atoms with van der Waals surface area (Å²) in [6.45, 7) is 7.92. The van der Waals surface area contributed by atoms with Crippen LogP contribution in [0.25, 0.3) is 0 Å². The Kier molecular flexibility index (Phi) is 3.50. The van der Waals surface area contributed by atoms with Crippen LogP contribution in [-0.2, 0) is 13.0 Å². The van der Waals surface area contributed by atoms with E-state index in [1.165, 1.54) is 4.90 Å². The highest BCUT2D eigenvalue weighted by Gasteiger charge is 2.49. The van der Waals surface area contributed by atoms with E-state index >= 15 is 0 Å². The van der Waals surface area contributed by atoms with Crippen LogP contribution in [-0.4, -0.2) is 26.8 Å². The van der Waals surface area contributed by atoms with E-state index in [2.05, 4.69) is 4.98 Å². The van der Waals surface area contributed by atoms with Crippen molar-refractivity contribution in [2.24, 2.45) is 5.41 Å². The second-order valence-corrected chi connectivity index (χ2v) is 6.59. The van der Waals surface area contributed by atoms with Gasteiger partial charge in [-0.25, -0.2) is 9.78 Å². The number of hydrogen-bond donors (Lipinski definition) is 2. The highest BCUT2D eigenvalue weighted by atomic mass is 16.4. The fourth-order valence-corrected chi connectivity index (χ4v) is 2.73. The van der Waals surface area contributed by atoms with E-state index in [0.717, 1.165) is 18.4 Å². The Bertz CT molecular complexity index is 536. The van der Waals surface area contributed by atoms with Crippen LogP contribution >= 0.6 is 0 Å². The number of hydrogen-bond acceptors (Lipinski definition) is 3. The van der Waals surface area contributed by atoms with Crippen LogP contribution in [0.4, 0.5) is 10.6 Å². The van der Waals surface area contributed by atoms with Crippen molar-refractivity contribution in [3.63, 3.8) is 0 Å². The van der Waals surface area contributed by atoms with Crippen LogP contribution < -0.4 is 4.90 Å². The monoisotopic (exact) mass is 278 g/mol. The fraction of sp³-hybridized carbons (Fsp3) is 0.600. The molecule has 5 heteroatoms. The minimum absolute atomic E-state index is 0.188. The van der Waals surface area contributed by atoms with E-state index in [1.54, 1.807) is 6.07 Å². The number of amides is 1. The summed E-state index contributed by atoms with van der Waals surface area (Å²) in [7, 11) is 0. The molecule has 1 aromatic rings. The number of aryl methyl sites for hydroxylation is 1. The van der Waals surface area contributed by atoms with Crippen molar-refractivity contribution in [1.29, 1.82) is 0 Å². The number of carboxylic acid groups (broad SMARTS) is 1. The van der Waals surface area contributed by atoms with Gasteiger partial charge in [0.1, 0.15) is 5.82 Å². The molecule has 0 fully saturated rings. The van der Waals surface area contributed by atoms with Crippen molar-refractivity contribution in [2.75, 3.05) is 4.90 Å². The third kappa shape index (κ3) is 2.16. The van der Waals surface area contributed by atoms with Crippen molar-refractivity contribution >= 4 is 11.9 Å². The summed E-state index contributed by atoms with van der Waals surface area (Å²) in [6.07, 6.45) is 0.563. The molecule has 110 valence electrons. The summed E-state index contributed by atoms with van der Waals surface area (Å²) >= 11 is 0. The number of rotatable bonds is 1. The Morgan fingerprint density at radius 1 is 1.45 bits per heavy atom. The van der Waals surface area contributed by atoms with Crippen LogP contribution in [0.1, 0.15) is 45.4 Å². The van der Waals surface area contributed by atoms with E-state index in [0.29, 0.717) is 11.5 Å². The largest absolute Gasteiger partial charge is 0.465 e. The number of aliphatic hydroxyl groups is 1. The minimum Gasteiger partial charge on any atom is -0.465 e. The first-order valence-electron chi connectivity index (χ1n) is 6.83. The lowest BCUT2D eigenvalue weighted by Gasteiger charge is -2.51. The summed E-state index contributed by atoms with van der Waals surface area (Å²) in [5, 5.41) is 18.9. The molecule has 1 unspecified atom stereocenters. The van der Waals surface area contributed by atoms with Gasteiger partial charge in [-0.1, -0.05) is 26.8 Å². The van der Waals surface area contributed by atoms with Crippen LogP contribution in [0, 0.1) is 5.41 Å². The van der Waals surface area contributed by atoms with Gasteiger partial charge in [0.25, 0.3) is 0 Å². The third-order valence-electron chi connectivity index (χ3n) is 4.57. The molecule has 0 aliphatic carbocycles. The number of aromatic nitrogens is 1. The van der Waals surface area contributed by atoms with E-state index in [4.69, 9.17) is 0 Å². The van der Waals surface area contributed by atoms with Gasteiger partial charge in [0.15, 0.2) is 0 Å². The molecule has 2 N–H and O–H groups in total. The number of aliphatic hydroxyl groups excluding tert-OH is 1. The molecule has 1 aromatic heterocycles. The first-order chi connectivity index (χ1) is 9.20. The molecule has 1 aliphatic heterocycles. The summed E-state index contributed by atoms with van der Waals surface area (Å²) in [5.41, 5.74) is 0.687. The Morgan fingerprint density at radius 3 is 2.60 bits per heavy atom. The second-order valence-electron chi connectivity index (χ2n) is 6.59. The molecule has 5 nitrogen and oxygen atoms in total. The smallest absolute Gasteiger partial charge is 0.413 e. The Balaban J connectivity index is 2.61. The predicted octanol–water partition coefficient (Wildman–Crippen LogP) is 2.81. The Hall–Kier alpha value is -1.62. The van der Waals surface area contributed by atoms with Gasteiger partial charge in [0.05, 0.1) is 17.8 Å². The second kappa shape index (κ2) is 4.74. The molecule has 0 saturated carbocycles. The highest BCUT2D eigenvalue weighted by Crippen LogP contribution is 2.45. The lowest BCUT2D eigenvalue weighted by atomic mass is 9.69. The summed E-state index contributed by atoms with van der Waals surface area (Å²) in [5.74, 6) is 0.465. The van der Waals surface area contributed by atoms with E-state index < -0.39 is 11.6 Å². The van der Waals surface area contributed by atoms with Gasteiger partial charge in [0.2, 0.25) is 0 Å². The molecule has 2 heterocycles. The topological polar surface area (TPSA) is 73.7 Å². The number of fused-ring (bicyclic) bond motifs is 1. The average Bonchev–Trinajstić information content (AvgIpc) is 2.35. The van der Waals surface area contributed by atoms with Crippen LogP contribution in [0.5, 0.6) is 0 Å². The average molecular weight is 278 g/mol. The van der Waals surface area contributed by atoms with E-state index in [-0.39, 0.29) is 12.0 Å². The maximum Gasteiger partial charge on any atom is 0.413 e. The van der Waals surface area contributed by atoms with Crippen molar-refractivity contribution in [3.05, 3.63) is 23.4 Å². The quantitative estimate of drug-likeness (QED) is 0.828. The molecule has 1 aliphatic rings. The van der Waals surface area contributed by atoms with Gasteiger partial charge in [-0.15, -0.1) is 0 Å². The maximum atomic E-state index is 11.8. The molecule has 0 bridgehead atoms. The van der Waals surface area contributed by atoms with Gasteiger partial charge in [0, 0.05) is 0 Å². The van der Waals surface area contributed by atoms with Crippen molar-refractivity contribution in [3.8, 4) is 0 Å². The molecule has 2 rings (SSSR count). The molecule has 0 spiro atoms. The SMILES string of the molecule is CC(C)(C)C1(C)CCc2ccc(CO)nc2N1C(=O)O. The molecule has 0 radical (unpaired) electrons. The minimum atomic E-state index is -0.994. The summed E-state index contributed by atoms with van der Waals surface area (Å²) in [4.78, 5) is 17.5. The third-order valence-corrected chi connectivity index (χ3v) is 4.57. The van der Waals surface area contributed by atoms with Gasteiger partial charge in [-0.05, 0) is 36.8 Å². The zero-order valence-electron chi connectivity index (χ0n) is 12.5. The van der Waals surface area contributed by atoms with E-state index in [9.17, 15) is 15.0 Å². The number of nitrogens with zero attached hydrogens (tertiary/aromatic N) is 2. The molecule has 20 heavy (non-hydrogen) atoms. The fourth-order valence-electron chi connectivity index (χ4n) is 2.73. The van der Waals surface area contributed by atoms with Crippen molar-refractivity contribution < 1.29 is 15.0 Å². The standard InChI is InChI=1S/C15H22N2O3/c1-14(2,3)15(4)8-7-10-5-6-11(9-18)16-12(10)17(15)13(19)20/h5-6,18H,7-9H2,1-4H3,(H,19,20). The van der Waals surface area contributed by atoms with Crippen LogP contribution in [0.3, 0.4) is 0 Å². The first-order valence-corrected chi connectivity index (χ1v) is 6.83.